The summed E-state index contributed by atoms with van der Waals surface area (Å²) < 4.78 is 0. The third-order valence-electron chi connectivity index (χ3n) is 6.55. The van der Waals surface area contributed by atoms with E-state index in [0.717, 1.165) is 36.8 Å². The van der Waals surface area contributed by atoms with Crippen LogP contribution in [0.5, 0.6) is 0 Å². The molecule has 27 heavy (non-hydrogen) atoms. The van der Waals surface area contributed by atoms with E-state index >= 15 is 0 Å². The van der Waals surface area contributed by atoms with E-state index in [1.165, 1.54) is 6.42 Å². The van der Waals surface area contributed by atoms with E-state index in [2.05, 4.69) is 5.32 Å². The first-order chi connectivity index (χ1) is 13.0. The van der Waals surface area contributed by atoms with Crippen molar-refractivity contribution < 1.29 is 9.59 Å². The van der Waals surface area contributed by atoms with Crippen molar-refractivity contribution in [2.75, 3.05) is 0 Å². The Kier molecular flexibility index (Phi) is 5.04. The van der Waals surface area contributed by atoms with Crippen LogP contribution in [0.2, 0.25) is 0 Å². The number of carbonyl (C=O) groups is 2. The molecule has 0 aromatic heterocycles. The van der Waals surface area contributed by atoms with Gasteiger partial charge < -0.3 is 16.0 Å². The highest BCUT2D eigenvalue weighted by Crippen LogP contribution is 2.40. The zero-order valence-electron chi connectivity index (χ0n) is 15.9. The number of amides is 2. The molecular formula is C22H29N3O2. The molecule has 1 aromatic carbocycles. The number of hydrogen-bond donors (Lipinski definition) is 2. The minimum absolute atomic E-state index is 0.0359. The number of rotatable bonds is 3. The molecule has 1 aromatic rings. The topological polar surface area (TPSA) is 75.4 Å². The van der Waals surface area contributed by atoms with Crippen LogP contribution in [-0.2, 0) is 9.59 Å². The van der Waals surface area contributed by atoms with Crippen molar-refractivity contribution in [2.24, 2.45) is 17.6 Å². The van der Waals surface area contributed by atoms with Crippen LogP contribution in [0, 0.1) is 11.8 Å². The van der Waals surface area contributed by atoms with Crippen LogP contribution in [0.3, 0.4) is 0 Å². The predicted octanol–water partition coefficient (Wildman–Crippen LogP) is 2.97. The van der Waals surface area contributed by atoms with Gasteiger partial charge in [0.1, 0.15) is 0 Å². The Labute approximate surface area is 161 Å². The Balaban J connectivity index is 1.49. The van der Waals surface area contributed by atoms with Crippen LogP contribution >= 0.6 is 0 Å². The van der Waals surface area contributed by atoms with E-state index in [0.29, 0.717) is 18.3 Å². The van der Waals surface area contributed by atoms with E-state index in [1.807, 2.05) is 30.3 Å². The molecule has 2 amide bonds. The summed E-state index contributed by atoms with van der Waals surface area (Å²) in [6, 6.07) is 8.27. The summed E-state index contributed by atoms with van der Waals surface area (Å²) in [5.41, 5.74) is 8.32. The molecule has 144 valence electrons. The van der Waals surface area contributed by atoms with E-state index in [9.17, 15) is 9.59 Å². The second-order valence-corrected chi connectivity index (χ2v) is 8.37. The summed E-state index contributed by atoms with van der Waals surface area (Å²) in [5.74, 6) is 0.991. The SMILES string of the molecule is CC(=O)N1C=Cc2ccccc2C1CC(=O)NC1C2CCCC1CC(N)C2. The van der Waals surface area contributed by atoms with Crippen molar-refractivity contribution in [3.63, 3.8) is 0 Å². The molecule has 0 saturated heterocycles. The van der Waals surface area contributed by atoms with Crippen molar-refractivity contribution in [3.8, 4) is 0 Å². The Hall–Kier alpha value is -2.14. The van der Waals surface area contributed by atoms with E-state index in [-0.39, 0.29) is 29.9 Å². The van der Waals surface area contributed by atoms with Gasteiger partial charge in [-0.15, -0.1) is 0 Å². The van der Waals surface area contributed by atoms with Gasteiger partial charge in [-0.1, -0.05) is 30.7 Å². The number of nitrogens with two attached hydrogens (primary N) is 1. The lowest BCUT2D eigenvalue weighted by atomic mass is 9.67. The number of carbonyl (C=O) groups excluding carboxylic acids is 2. The molecule has 2 fully saturated rings. The average molecular weight is 367 g/mol. The van der Waals surface area contributed by atoms with Crippen molar-refractivity contribution in [1.29, 1.82) is 0 Å². The van der Waals surface area contributed by atoms with Gasteiger partial charge in [0.2, 0.25) is 11.8 Å². The summed E-state index contributed by atoms with van der Waals surface area (Å²) >= 11 is 0. The number of benzene rings is 1. The number of nitrogens with one attached hydrogen (secondary N) is 1. The maximum atomic E-state index is 13.0. The van der Waals surface area contributed by atoms with Crippen LogP contribution in [0.4, 0.5) is 0 Å². The minimum Gasteiger partial charge on any atom is -0.353 e. The van der Waals surface area contributed by atoms with Crippen LogP contribution in [-0.4, -0.2) is 28.8 Å². The second-order valence-electron chi connectivity index (χ2n) is 8.37. The summed E-state index contributed by atoms with van der Waals surface area (Å²) in [6.45, 7) is 1.55. The highest BCUT2D eigenvalue weighted by Gasteiger charge is 2.40. The first kappa shape index (κ1) is 18.2. The first-order valence-corrected chi connectivity index (χ1v) is 10.1. The molecule has 0 radical (unpaired) electrons. The Bertz CT molecular complexity index is 746. The summed E-state index contributed by atoms with van der Waals surface area (Å²) in [6.07, 6.45) is 9.62. The molecule has 3 atom stereocenters. The van der Waals surface area contributed by atoms with Gasteiger partial charge in [0.05, 0.1) is 12.5 Å². The van der Waals surface area contributed by atoms with Gasteiger partial charge in [-0.3, -0.25) is 9.59 Å². The van der Waals surface area contributed by atoms with Gasteiger partial charge in [0, 0.05) is 25.2 Å². The van der Waals surface area contributed by atoms with Crippen LogP contribution in [0.25, 0.3) is 6.08 Å². The molecule has 1 heterocycles. The van der Waals surface area contributed by atoms with Gasteiger partial charge in [-0.2, -0.15) is 0 Å². The number of fused-ring (bicyclic) bond motifs is 3. The third kappa shape index (κ3) is 3.65. The molecule has 3 aliphatic rings. The summed E-state index contributed by atoms with van der Waals surface area (Å²) in [5, 5.41) is 3.32. The van der Waals surface area contributed by atoms with Crippen molar-refractivity contribution in [2.45, 2.75) is 63.6 Å². The fourth-order valence-corrected chi connectivity index (χ4v) is 5.36. The third-order valence-corrected chi connectivity index (χ3v) is 6.55. The maximum Gasteiger partial charge on any atom is 0.223 e. The average Bonchev–Trinajstić information content (AvgIpc) is 2.62. The molecule has 5 nitrogen and oxygen atoms in total. The molecule has 3 N–H and O–H groups in total. The molecule has 2 saturated carbocycles. The Morgan fingerprint density at radius 1 is 1.19 bits per heavy atom. The normalized spacial score (nSPS) is 31.9. The first-order valence-electron chi connectivity index (χ1n) is 10.1. The lowest BCUT2D eigenvalue weighted by molar-refractivity contribution is -0.130. The second kappa shape index (κ2) is 7.47. The molecule has 3 unspecified atom stereocenters. The molecule has 2 aliphatic carbocycles. The fourth-order valence-electron chi connectivity index (χ4n) is 5.36. The molecule has 4 rings (SSSR count). The molecule has 5 heteroatoms. The fraction of sp³-hybridized carbons (Fsp3) is 0.545. The zero-order chi connectivity index (χ0) is 19.0. The predicted molar refractivity (Wildman–Crippen MR) is 105 cm³/mol. The van der Waals surface area contributed by atoms with E-state index < -0.39 is 0 Å². The van der Waals surface area contributed by atoms with Crippen molar-refractivity contribution in [3.05, 3.63) is 41.6 Å². The monoisotopic (exact) mass is 367 g/mol. The van der Waals surface area contributed by atoms with Crippen LogP contribution in [0.15, 0.2) is 30.5 Å². The van der Waals surface area contributed by atoms with E-state index in [1.54, 1.807) is 18.0 Å². The van der Waals surface area contributed by atoms with Gasteiger partial charge in [-0.25, -0.2) is 0 Å². The van der Waals surface area contributed by atoms with Crippen molar-refractivity contribution >= 4 is 17.9 Å². The molecule has 2 bridgehead atoms. The van der Waals surface area contributed by atoms with E-state index in [4.69, 9.17) is 5.73 Å². The standard InChI is InChI=1S/C22H29N3O2/c1-14(26)25-10-9-15-5-2-3-8-19(15)20(25)13-21(27)24-22-16-6-4-7-17(22)12-18(23)11-16/h2-3,5,8-10,16-18,20,22H,4,6-7,11-13,23H2,1H3,(H,24,27). The van der Waals surface area contributed by atoms with Crippen molar-refractivity contribution in [1.82, 2.24) is 10.2 Å². The Morgan fingerprint density at radius 3 is 2.59 bits per heavy atom. The largest absolute Gasteiger partial charge is 0.353 e. The maximum absolute atomic E-state index is 13.0. The van der Waals surface area contributed by atoms with Gasteiger partial charge >= 0.3 is 0 Å². The van der Waals surface area contributed by atoms with Gasteiger partial charge in [0.15, 0.2) is 0 Å². The van der Waals surface area contributed by atoms with Gasteiger partial charge in [-0.05, 0) is 54.7 Å². The lowest BCUT2D eigenvalue weighted by Crippen LogP contribution is -2.54. The Morgan fingerprint density at radius 2 is 1.89 bits per heavy atom. The van der Waals surface area contributed by atoms with Crippen LogP contribution in [0.1, 0.15) is 62.6 Å². The minimum atomic E-state index is -0.241. The van der Waals surface area contributed by atoms with Gasteiger partial charge in [0.25, 0.3) is 0 Å². The molecular weight excluding hydrogens is 338 g/mol. The summed E-state index contributed by atoms with van der Waals surface area (Å²) in [7, 11) is 0. The van der Waals surface area contributed by atoms with Crippen LogP contribution < -0.4 is 11.1 Å². The lowest BCUT2D eigenvalue weighted by Gasteiger charge is -2.45. The quantitative estimate of drug-likeness (QED) is 0.862. The summed E-state index contributed by atoms with van der Waals surface area (Å²) in [4.78, 5) is 26.8. The highest BCUT2D eigenvalue weighted by molar-refractivity contribution is 5.82. The zero-order valence-corrected chi connectivity index (χ0v) is 15.9. The smallest absolute Gasteiger partial charge is 0.223 e. The molecule has 1 aliphatic heterocycles. The number of hydrogen-bond acceptors (Lipinski definition) is 3. The molecule has 0 spiro atoms. The highest BCUT2D eigenvalue weighted by atomic mass is 16.2. The number of nitrogens with zero attached hydrogens (tertiary/aromatic N) is 1.